The fourth-order valence-electron chi connectivity index (χ4n) is 6.70. The number of thiocarbonyl (C=S) groups is 1. The van der Waals surface area contributed by atoms with Crippen molar-refractivity contribution in [1.29, 1.82) is 0 Å². The van der Waals surface area contributed by atoms with Gasteiger partial charge < -0.3 is 5.32 Å². The van der Waals surface area contributed by atoms with Crippen LogP contribution in [0.2, 0.25) is 0 Å². The molecule has 0 aliphatic heterocycles. The molecule has 0 heterocycles. The van der Waals surface area contributed by atoms with Crippen molar-refractivity contribution < 1.29 is 0 Å². The van der Waals surface area contributed by atoms with Crippen molar-refractivity contribution in [2.45, 2.75) is 16.2 Å². The molecule has 0 fully saturated rings. The van der Waals surface area contributed by atoms with Crippen LogP contribution in [0.3, 0.4) is 0 Å². The molecule has 2 unspecified atom stereocenters. The molecule has 8 rings (SSSR count). The molecule has 0 spiro atoms. The van der Waals surface area contributed by atoms with Crippen LogP contribution in [0.1, 0.15) is 6.42 Å². The van der Waals surface area contributed by atoms with Crippen molar-refractivity contribution in [2.24, 2.45) is 0 Å². The van der Waals surface area contributed by atoms with Gasteiger partial charge in [0.15, 0.2) is 23.6 Å². The predicted octanol–water partition coefficient (Wildman–Crippen LogP) is 15.8. The highest BCUT2D eigenvalue weighted by Gasteiger charge is 2.25. The third kappa shape index (κ3) is 8.59. The first-order chi connectivity index (χ1) is 26.5. The van der Waals surface area contributed by atoms with E-state index in [2.05, 4.69) is 163 Å². The molecule has 0 aliphatic carbocycles. The molecular weight excluding hydrogens is 829 g/mol. The van der Waals surface area contributed by atoms with Crippen molar-refractivity contribution in [3.8, 4) is 22.3 Å². The molecule has 10 heteroatoms. The van der Waals surface area contributed by atoms with Crippen molar-refractivity contribution in [2.75, 3.05) is 11.6 Å². The van der Waals surface area contributed by atoms with E-state index < -0.39 is 10.2 Å². The van der Waals surface area contributed by atoms with E-state index in [0.29, 0.717) is 5.88 Å². The van der Waals surface area contributed by atoms with E-state index in [1.807, 2.05) is 34.1 Å². The van der Waals surface area contributed by atoms with E-state index in [1.54, 1.807) is 11.4 Å². The summed E-state index contributed by atoms with van der Waals surface area (Å²) in [7, 11) is 0. The minimum atomic E-state index is -0.838. The van der Waals surface area contributed by atoms with Crippen LogP contribution in [0, 0.1) is 0 Å². The molecule has 2 atom stereocenters. The maximum absolute atomic E-state index is 6.14. The SMILES string of the molecule is S=C(CCS[P+](=S)Sc1c(-c2cccc3ccccc23)ccc2ccccc12)NCS[P+](=S)Sc1c(-c2cccc3ccccc23)ccc2ccccc12. The van der Waals surface area contributed by atoms with E-state index in [4.69, 9.17) is 35.8 Å². The van der Waals surface area contributed by atoms with Crippen LogP contribution in [-0.2, 0) is 23.6 Å². The van der Waals surface area contributed by atoms with Crippen LogP contribution in [-0.4, -0.2) is 16.6 Å². The molecule has 0 aliphatic rings. The molecule has 1 nitrogen and oxygen atoms in total. The zero-order chi connectivity index (χ0) is 36.9. The van der Waals surface area contributed by atoms with Crippen molar-refractivity contribution in [3.05, 3.63) is 158 Å². The molecule has 264 valence electrons. The lowest BCUT2D eigenvalue weighted by molar-refractivity contribution is 1.10. The van der Waals surface area contributed by atoms with Crippen molar-refractivity contribution >= 4 is 140 Å². The van der Waals surface area contributed by atoms with Crippen LogP contribution in [0.25, 0.3) is 65.3 Å². The first-order valence-corrected chi connectivity index (χ1v) is 28.5. The Balaban J connectivity index is 0.895. The lowest BCUT2D eigenvalue weighted by atomic mass is 9.96. The lowest BCUT2D eigenvalue weighted by Gasteiger charge is -2.12. The Morgan fingerprint density at radius 2 is 0.852 bits per heavy atom. The third-order valence-corrected chi connectivity index (χ3v) is 22.9. The van der Waals surface area contributed by atoms with Gasteiger partial charge in [0.25, 0.3) is 0 Å². The molecule has 0 radical (unpaired) electrons. The average molecular weight is 862 g/mol. The Bertz CT molecular complexity index is 2520. The van der Waals surface area contributed by atoms with Gasteiger partial charge in [0.05, 0.1) is 14.8 Å². The van der Waals surface area contributed by atoms with Crippen LogP contribution < -0.4 is 5.32 Å². The Hall–Kier alpha value is -2.87. The molecule has 8 aromatic carbocycles. The average Bonchev–Trinajstić information content (AvgIpc) is 3.21. The molecule has 1 N–H and O–H groups in total. The molecule has 0 bridgehead atoms. The molecule has 54 heavy (non-hydrogen) atoms. The van der Waals surface area contributed by atoms with Gasteiger partial charge in [-0.15, -0.1) is 0 Å². The summed E-state index contributed by atoms with van der Waals surface area (Å²) in [5.74, 6) is 1.58. The Kier molecular flexibility index (Phi) is 12.6. The standard InChI is InChI=1S/C44H32NP2S7/c48-42(27-28-51-46(49)53-43-36-19-7-3-13-32(36)23-25-40(43)38-21-9-15-30-11-1-5-17-34(30)38)45-29-52-47(50)54-44-37-20-8-4-14-33(37)24-26-41(44)39-22-10-16-31-12-2-6-18-35(31)39/h1-26H,27-29H2/q+1/p+1. The number of hydrogen-bond acceptors (Lipinski definition) is 7. The zero-order valence-corrected chi connectivity index (χ0v) is 36.4. The van der Waals surface area contributed by atoms with Gasteiger partial charge in [-0.05, 0) is 54.2 Å². The van der Waals surface area contributed by atoms with Crippen molar-refractivity contribution in [3.63, 3.8) is 0 Å². The van der Waals surface area contributed by atoms with Gasteiger partial charge in [-0.1, -0.05) is 170 Å². The second kappa shape index (κ2) is 17.9. The highest BCUT2D eigenvalue weighted by atomic mass is 33.2. The van der Waals surface area contributed by atoms with E-state index >= 15 is 0 Å². The van der Waals surface area contributed by atoms with E-state index in [1.165, 1.54) is 75.1 Å². The van der Waals surface area contributed by atoms with Gasteiger partial charge >= 0.3 is 10.2 Å². The zero-order valence-electron chi connectivity index (χ0n) is 28.9. The van der Waals surface area contributed by atoms with Gasteiger partial charge in [-0.25, -0.2) is 0 Å². The van der Waals surface area contributed by atoms with Crippen LogP contribution in [0.15, 0.2) is 168 Å². The smallest absolute Gasteiger partial charge is 0.324 e. The van der Waals surface area contributed by atoms with Crippen LogP contribution in [0.5, 0.6) is 0 Å². The second-order valence-corrected chi connectivity index (χ2v) is 29.6. The predicted molar refractivity (Wildman–Crippen MR) is 259 cm³/mol. The summed E-state index contributed by atoms with van der Waals surface area (Å²) in [6.07, 6.45) is 0.791. The summed E-state index contributed by atoms with van der Waals surface area (Å²) in [4.78, 5) is 3.38. The van der Waals surface area contributed by atoms with Gasteiger partial charge in [0, 0.05) is 23.3 Å². The van der Waals surface area contributed by atoms with Gasteiger partial charge in [0.1, 0.15) is 51.4 Å². The van der Waals surface area contributed by atoms with Crippen LogP contribution >= 0.6 is 67.9 Å². The first-order valence-electron chi connectivity index (χ1n) is 17.4. The number of benzene rings is 8. The Labute approximate surface area is 349 Å². The molecule has 0 amide bonds. The summed E-state index contributed by atoms with van der Waals surface area (Å²) in [6, 6.07) is 56.6. The summed E-state index contributed by atoms with van der Waals surface area (Å²) < 4.78 is 0. The number of fused-ring (bicyclic) bond motifs is 4. The van der Waals surface area contributed by atoms with Crippen LogP contribution in [0.4, 0.5) is 0 Å². The molecule has 0 saturated heterocycles. The topological polar surface area (TPSA) is 12.0 Å². The molecule has 0 aromatic heterocycles. The number of rotatable bonds is 13. The number of nitrogens with one attached hydrogen (secondary N) is 1. The highest BCUT2D eigenvalue weighted by Crippen LogP contribution is 2.59. The summed E-state index contributed by atoms with van der Waals surface area (Å²) in [5.41, 5.74) is 4.97. The summed E-state index contributed by atoms with van der Waals surface area (Å²) in [5, 5.41) is 11.8. The van der Waals surface area contributed by atoms with Gasteiger partial charge in [-0.3, -0.25) is 0 Å². The van der Waals surface area contributed by atoms with E-state index in [9.17, 15) is 0 Å². The summed E-state index contributed by atoms with van der Waals surface area (Å²) in [6.45, 7) is 0. The van der Waals surface area contributed by atoms with E-state index in [-0.39, 0.29) is 0 Å². The van der Waals surface area contributed by atoms with Gasteiger partial charge in [-0.2, -0.15) is 0 Å². The third-order valence-electron chi connectivity index (χ3n) is 9.22. The summed E-state index contributed by atoms with van der Waals surface area (Å²) >= 11 is 25.3. The highest BCUT2D eigenvalue weighted by molar-refractivity contribution is 8.94. The maximum Gasteiger partial charge on any atom is 0.324 e. The minimum Gasteiger partial charge on any atom is -0.367 e. The Morgan fingerprint density at radius 3 is 1.35 bits per heavy atom. The Morgan fingerprint density at radius 1 is 0.444 bits per heavy atom. The minimum absolute atomic E-state index is 0.696. The largest absolute Gasteiger partial charge is 0.367 e. The lowest BCUT2D eigenvalue weighted by Crippen LogP contribution is -2.20. The van der Waals surface area contributed by atoms with Gasteiger partial charge in [0.2, 0.25) is 0 Å². The molecule has 8 aromatic rings. The fraction of sp³-hybridized carbons (Fsp3) is 0.0682. The first kappa shape index (κ1) is 38.0. The molecular formula is C44H33NP2S7+2. The van der Waals surface area contributed by atoms with Crippen molar-refractivity contribution in [1.82, 2.24) is 5.32 Å². The molecule has 0 saturated carbocycles. The second-order valence-electron chi connectivity index (χ2n) is 12.5. The monoisotopic (exact) mass is 861 g/mol. The maximum atomic E-state index is 6.14. The number of hydrogen-bond donors (Lipinski definition) is 1. The fourth-order valence-corrected chi connectivity index (χ4v) is 18.9. The normalized spacial score (nSPS) is 12.0. The quantitative estimate of drug-likeness (QED) is 0.0690. The van der Waals surface area contributed by atoms with E-state index in [0.717, 1.165) is 17.2 Å².